The first kappa shape index (κ1) is 19.7. The van der Waals surface area contributed by atoms with E-state index in [9.17, 15) is 0 Å². The molecule has 5 rings (SSSR count). The Labute approximate surface area is 185 Å². The lowest BCUT2D eigenvalue weighted by molar-refractivity contribution is 0.174. The lowest BCUT2D eigenvalue weighted by atomic mass is 10.2. The zero-order chi connectivity index (χ0) is 21.9. The number of methoxy groups -OCH3 is 2. The quantitative estimate of drug-likeness (QED) is 0.435. The van der Waals surface area contributed by atoms with Crippen LogP contribution >= 0.6 is 0 Å². The van der Waals surface area contributed by atoms with Gasteiger partial charge in [-0.25, -0.2) is 9.97 Å². The highest BCUT2D eigenvalue weighted by Crippen LogP contribution is 2.35. The maximum Gasteiger partial charge on any atom is 0.231 e. The van der Waals surface area contributed by atoms with Gasteiger partial charge in [0.25, 0.3) is 0 Å². The molecule has 1 aromatic heterocycles. The lowest BCUT2D eigenvalue weighted by Crippen LogP contribution is -2.00. The van der Waals surface area contributed by atoms with Gasteiger partial charge in [0, 0.05) is 29.4 Å². The van der Waals surface area contributed by atoms with E-state index in [1.54, 1.807) is 14.2 Å². The van der Waals surface area contributed by atoms with E-state index in [1.807, 2.05) is 54.6 Å². The molecule has 1 aliphatic heterocycles. The maximum absolute atomic E-state index is 5.44. The van der Waals surface area contributed by atoms with Gasteiger partial charge in [-0.1, -0.05) is 6.07 Å². The molecule has 0 aliphatic carbocycles. The van der Waals surface area contributed by atoms with Crippen molar-refractivity contribution >= 4 is 28.1 Å². The van der Waals surface area contributed by atoms with Crippen molar-refractivity contribution in [3.63, 3.8) is 0 Å². The zero-order valence-electron chi connectivity index (χ0n) is 17.7. The highest BCUT2D eigenvalue weighted by Gasteiger charge is 2.13. The Bertz CT molecular complexity index is 1260. The Kier molecular flexibility index (Phi) is 5.25. The molecule has 8 nitrogen and oxygen atoms in total. The molecule has 0 radical (unpaired) electrons. The van der Waals surface area contributed by atoms with Crippen molar-refractivity contribution < 1.29 is 18.9 Å². The summed E-state index contributed by atoms with van der Waals surface area (Å²) in [7, 11) is 3.21. The Morgan fingerprint density at radius 3 is 2.41 bits per heavy atom. The Morgan fingerprint density at radius 1 is 0.844 bits per heavy atom. The SMILES string of the molecule is COc1cc2ncnc(Nc3ccc(NCc4ccc5c(c4)OCO5)cc3)c2cc1OC. The van der Waals surface area contributed by atoms with E-state index in [1.165, 1.54) is 6.33 Å². The molecule has 32 heavy (non-hydrogen) atoms. The van der Waals surface area contributed by atoms with Gasteiger partial charge in [-0.05, 0) is 48.0 Å². The molecular formula is C24H22N4O4. The van der Waals surface area contributed by atoms with Crippen molar-refractivity contribution in [3.05, 3.63) is 66.5 Å². The van der Waals surface area contributed by atoms with Crippen LogP contribution in [0.5, 0.6) is 23.0 Å². The van der Waals surface area contributed by atoms with Crippen LogP contribution in [0.1, 0.15) is 5.56 Å². The van der Waals surface area contributed by atoms with Gasteiger partial charge in [-0.2, -0.15) is 0 Å². The van der Waals surface area contributed by atoms with Crippen molar-refractivity contribution in [2.24, 2.45) is 0 Å². The van der Waals surface area contributed by atoms with Crippen molar-refractivity contribution in [1.29, 1.82) is 0 Å². The smallest absolute Gasteiger partial charge is 0.231 e. The summed E-state index contributed by atoms with van der Waals surface area (Å²) in [6, 6.07) is 17.7. The molecule has 0 amide bonds. The fraction of sp³-hybridized carbons (Fsp3) is 0.167. The summed E-state index contributed by atoms with van der Waals surface area (Å²) in [4.78, 5) is 8.75. The number of benzene rings is 3. The largest absolute Gasteiger partial charge is 0.493 e. The monoisotopic (exact) mass is 430 g/mol. The second-order valence-electron chi connectivity index (χ2n) is 7.19. The molecule has 0 bridgehead atoms. The van der Waals surface area contributed by atoms with Crippen LogP contribution in [0.2, 0.25) is 0 Å². The molecule has 2 heterocycles. The van der Waals surface area contributed by atoms with E-state index >= 15 is 0 Å². The number of rotatable bonds is 7. The molecular weight excluding hydrogens is 408 g/mol. The second kappa shape index (κ2) is 8.50. The van der Waals surface area contributed by atoms with E-state index in [0.717, 1.165) is 39.3 Å². The van der Waals surface area contributed by atoms with E-state index in [4.69, 9.17) is 18.9 Å². The van der Waals surface area contributed by atoms with Crippen LogP contribution < -0.4 is 29.6 Å². The number of aromatic nitrogens is 2. The van der Waals surface area contributed by atoms with Crippen LogP contribution in [-0.4, -0.2) is 31.0 Å². The second-order valence-corrected chi connectivity index (χ2v) is 7.19. The van der Waals surface area contributed by atoms with Gasteiger partial charge in [0.1, 0.15) is 12.1 Å². The highest BCUT2D eigenvalue weighted by atomic mass is 16.7. The summed E-state index contributed by atoms with van der Waals surface area (Å²) in [6.45, 7) is 0.963. The first-order valence-corrected chi connectivity index (χ1v) is 10.1. The molecule has 0 saturated carbocycles. The van der Waals surface area contributed by atoms with Gasteiger partial charge in [-0.3, -0.25) is 0 Å². The standard InChI is InChI=1S/C24H22N4O4/c1-29-21-10-18-19(11-22(21)30-2)26-13-27-24(18)28-17-6-4-16(5-7-17)25-12-15-3-8-20-23(9-15)32-14-31-20/h3-11,13,25H,12,14H2,1-2H3,(H,26,27,28). The molecule has 1 aliphatic rings. The first-order chi connectivity index (χ1) is 15.7. The predicted molar refractivity (Wildman–Crippen MR) is 122 cm³/mol. The van der Waals surface area contributed by atoms with Gasteiger partial charge in [-0.15, -0.1) is 0 Å². The number of hydrogen-bond acceptors (Lipinski definition) is 8. The molecule has 0 unspecified atom stereocenters. The van der Waals surface area contributed by atoms with Gasteiger partial charge in [0.05, 0.1) is 19.7 Å². The maximum atomic E-state index is 5.44. The molecule has 4 aromatic rings. The fourth-order valence-electron chi connectivity index (χ4n) is 3.55. The third-order valence-corrected chi connectivity index (χ3v) is 5.22. The van der Waals surface area contributed by atoms with Crippen LogP contribution in [-0.2, 0) is 6.54 Å². The Morgan fingerprint density at radius 2 is 1.59 bits per heavy atom. The molecule has 0 atom stereocenters. The third kappa shape index (κ3) is 3.90. The number of hydrogen-bond donors (Lipinski definition) is 2. The van der Waals surface area contributed by atoms with Crippen molar-refractivity contribution in [3.8, 4) is 23.0 Å². The molecule has 0 saturated heterocycles. The summed E-state index contributed by atoms with van der Waals surface area (Å²) in [5.41, 5.74) is 3.80. The number of nitrogens with zero attached hydrogens (tertiary/aromatic N) is 2. The number of fused-ring (bicyclic) bond motifs is 2. The minimum Gasteiger partial charge on any atom is -0.493 e. The van der Waals surface area contributed by atoms with Crippen molar-refractivity contribution in [2.45, 2.75) is 6.54 Å². The first-order valence-electron chi connectivity index (χ1n) is 10.1. The third-order valence-electron chi connectivity index (χ3n) is 5.22. The van der Waals surface area contributed by atoms with Gasteiger partial charge in [0.15, 0.2) is 23.0 Å². The normalized spacial score (nSPS) is 11.9. The van der Waals surface area contributed by atoms with Crippen LogP contribution in [0.4, 0.5) is 17.2 Å². The van der Waals surface area contributed by atoms with E-state index in [2.05, 4.69) is 20.6 Å². The molecule has 0 fully saturated rings. The number of anilines is 3. The van der Waals surface area contributed by atoms with Crippen LogP contribution in [0.3, 0.4) is 0 Å². The number of ether oxygens (including phenoxy) is 4. The predicted octanol–water partition coefficient (Wildman–Crippen LogP) is 4.73. The summed E-state index contributed by atoms with van der Waals surface area (Å²) < 4.78 is 21.6. The van der Waals surface area contributed by atoms with Gasteiger partial charge in [0.2, 0.25) is 6.79 Å². The van der Waals surface area contributed by atoms with Crippen molar-refractivity contribution in [2.75, 3.05) is 31.6 Å². The fourth-order valence-corrected chi connectivity index (χ4v) is 3.55. The van der Waals surface area contributed by atoms with E-state index in [0.29, 0.717) is 23.9 Å². The molecule has 2 N–H and O–H groups in total. The van der Waals surface area contributed by atoms with Crippen LogP contribution in [0.15, 0.2) is 60.9 Å². The molecule has 8 heteroatoms. The summed E-state index contributed by atoms with van der Waals surface area (Å²) in [6.07, 6.45) is 1.53. The zero-order valence-corrected chi connectivity index (χ0v) is 17.7. The van der Waals surface area contributed by atoms with Crippen LogP contribution in [0.25, 0.3) is 10.9 Å². The highest BCUT2D eigenvalue weighted by molar-refractivity contribution is 5.93. The minimum atomic E-state index is 0.280. The molecule has 0 spiro atoms. The topological polar surface area (TPSA) is 86.8 Å². The minimum absolute atomic E-state index is 0.280. The summed E-state index contributed by atoms with van der Waals surface area (Å²) >= 11 is 0. The Hall–Kier alpha value is -4.20. The lowest BCUT2D eigenvalue weighted by Gasteiger charge is -2.13. The molecule has 162 valence electrons. The van der Waals surface area contributed by atoms with Gasteiger partial charge >= 0.3 is 0 Å². The number of nitrogens with one attached hydrogen (secondary N) is 2. The summed E-state index contributed by atoms with van der Waals surface area (Å²) in [5.74, 6) is 3.52. The van der Waals surface area contributed by atoms with Gasteiger partial charge < -0.3 is 29.6 Å². The van der Waals surface area contributed by atoms with E-state index < -0.39 is 0 Å². The van der Waals surface area contributed by atoms with Crippen molar-refractivity contribution in [1.82, 2.24) is 9.97 Å². The average molecular weight is 430 g/mol. The average Bonchev–Trinajstić information content (AvgIpc) is 3.31. The molecule has 3 aromatic carbocycles. The summed E-state index contributed by atoms with van der Waals surface area (Å²) in [5, 5.41) is 7.62. The van der Waals surface area contributed by atoms with Crippen LogP contribution in [0, 0.1) is 0 Å². The van der Waals surface area contributed by atoms with E-state index in [-0.39, 0.29) is 6.79 Å². The Balaban J connectivity index is 1.30.